The Hall–Kier alpha value is -1.65. The third-order valence-electron chi connectivity index (χ3n) is 3.56. The maximum absolute atomic E-state index is 13.1. The molecule has 1 heterocycles. The number of aromatic nitrogens is 1. The highest BCUT2D eigenvalue weighted by Crippen LogP contribution is 2.23. The van der Waals surface area contributed by atoms with Crippen molar-refractivity contribution >= 4 is 11.7 Å². The lowest BCUT2D eigenvalue weighted by molar-refractivity contribution is 0.0696. The number of amides is 1. The Bertz CT molecular complexity index is 444. The summed E-state index contributed by atoms with van der Waals surface area (Å²) in [5.41, 5.74) is 5.79. The van der Waals surface area contributed by atoms with Gasteiger partial charge in [0.05, 0.1) is 11.8 Å². The van der Waals surface area contributed by atoms with Crippen LogP contribution in [0.5, 0.6) is 0 Å². The van der Waals surface area contributed by atoms with Crippen LogP contribution < -0.4 is 5.73 Å². The van der Waals surface area contributed by atoms with Gasteiger partial charge in [0.2, 0.25) is 0 Å². The van der Waals surface area contributed by atoms with Gasteiger partial charge in [0, 0.05) is 13.1 Å². The molecular weight excluding hydrogens is 233 g/mol. The summed E-state index contributed by atoms with van der Waals surface area (Å²) in [7, 11) is 1.75. The Labute approximate surface area is 106 Å². The molecular formula is C13H18FN3O. The summed E-state index contributed by atoms with van der Waals surface area (Å²) in [5.74, 6) is -0.694. The summed E-state index contributed by atoms with van der Waals surface area (Å²) in [6, 6.07) is 1.39. The zero-order valence-electron chi connectivity index (χ0n) is 10.5. The molecule has 1 fully saturated rings. The Morgan fingerprint density at radius 1 is 1.44 bits per heavy atom. The first-order valence-electron chi connectivity index (χ1n) is 6.28. The molecule has 0 bridgehead atoms. The molecule has 0 aromatic carbocycles. The number of anilines is 1. The number of halogens is 1. The average Bonchev–Trinajstić information content (AvgIpc) is 2.41. The van der Waals surface area contributed by atoms with Crippen molar-refractivity contribution in [2.75, 3.05) is 12.8 Å². The first-order valence-corrected chi connectivity index (χ1v) is 6.28. The highest BCUT2D eigenvalue weighted by Gasteiger charge is 2.24. The molecule has 0 unspecified atom stereocenters. The van der Waals surface area contributed by atoms with Crippen LogP contribution in [0.2, 0.25) is 0 Å². The number of nitrogens with zero attached hydrogens (tertiary/aromatic N) is 2. The van der Waals surface area contributed by atoms with Gasteiger partial charge in [-0.3, -0.25) is 4.79 Å². The van der Waals surface area contributed by atoms with Crippen molar-refractivity contribution in [2.45, 2.75) is 38.1 Å². The quantitative estimate of drug-likeness (QED) is 0.876. The Morgan fingerprint density at radius 3 is 2.78 bits per heavy atom. The molecule has 2 rings (SSSR count). The predicted octanol–water partition coefficient (Wildman–Crippen LogP) is 2.21. The van der Waals surface area contributed by atoms with Crippen molar-refractivity contribution in [3.8, 4) is 0 Å². The summed E-state index contributed by atoms with van der Waals surface area (Å²) in [5, 5.41) is 0. The third kappa shape index (κ3) is 2.60. The summed E-state index contributed by atoms with van der Waals surface area (Å²) >= 11 is 0. The Balaban J connectivity index is 2.16. The largest absolute Gasteiger partial charge is 0.383 e. The van der Waals surface area contributed by atoms with Gasteiger partial charge in [-0.1, -0.05) is 19.3 Å². The molecule has 0 spiro atoms. The van der Waals surface area contributed by atoms with Crippen LogP contribution in [-0.4, -0.2) is 28.9 Å². The molecule has 1 amide bonds. The number of pyridine rings is 1. The van der Waals surface area contributed by atoms with E-state index < -0.39 is 5.82 Å². The maximum Gasteiger partial charge on any atom is 0.257 e. The van der Waals surface area contributed by atoms with E-state index in [-0.39, 0.29) is 23.3 Å². The van der Waals surface area contributed by atoms with Gasteiger partial charge in [0.25, 0.3) is 5.91 Å². The molecule has 1 aliphatic rings. The number of rotatable bonds is 2. The minimum absolute atomic E-state index is 0.0871. The van der Waals surface area contributed by atoms with Gasteiger partial charge in [-0.05, 0) is 18.9 Å². The normalized spacial score (nSPS) is 16.6. The Kier molecular flexibility index (Phi) is 3.79. The third-order valence-corrected chi connectivity index (χ3v) is 3.56. The van der Waals surface area contributed by atoms with Crippen LogP contribution in [0.3, 0.4) is 0 Å². The van der Waals surface area contributed by atoms with Crippen LogP contribution in [0.15, 0.2) is 12.3 Å². The van der Waals surface area contributed by atoms with E-state index in [1.165, 1.54) is 6.42 Å². The van der Waals surface area contributed by atoms with Crippen molar-refractivity contribution in [3.63, 3.8) is 0 Å². The summed E-state index contributed by atoms with van der Waals surface area (Å²) in [4.78, 5) is 17.6. The molecule has 0 radical (unpaired) electrons. The summed E-state index contributed by atoms with van der Waals surface area (Å²) < 4.78 is 13.1. The minimum Gasteiger partial charge on any atom is -0.383 e. The van der Waals surface area contributed by atoms with Gasteiger partial charge in [-0.2, -0.15) is 0 Å². The fourth-order valence-corrected chi connectivity index (χ4v) is 2.45. The molecule has 5 heteroatoms. The fourth-order valence-electron chi connectivity index (χ4n) is 2.45. The highest BCUT2D eigenvalue weighted by molar-refractivity contribution is 5.98. The topological polar surface area (TPSA) is 59.2 Å². The lowest BCUT2D eigenvalue weighted by Gasteiger charge is -2.31. The van der Waals surface area contributed by atoms with Crippen molar-refractivity contribution in [2.24, 2.45) is 0 Å². The lowest BCUT2D eigenvalue weighted by Crippen LogP contribution is -2.38. The second-order valence-corrected chi connectivity index (χ2v) is 4.79. The second-order valence-electron chi connectivity index (χ2n) is 4.79. The standard InChI is InChI=1S/C13H18FN3O/c1-17(10-5-3-2-4-6-10)13(18)11-7-9(14)8-16-12(11)15/h7-8,10H,2-6H2,1H3,(H2,15,16). The second kappa shape index (κ2) is 5.33. The van der Waals surface area contributed by atoms with Crippen LogP contribution in [0.1, 0.15) is 42.5 Å². The molecule has 0 saturated heterocycles. The molecule has 0 aliphatic heterocycles. The molecule has 1 aromatic rings. The zero-order valence-corrected chi connectivity index (χ0v) is 10.5. The van der Waals surface area contributed by atoms with E-state index in [0.717, 1.165) is 37.9 Å². The highest BCUT2D eigenvalue weighted by atomic mass is 19.1. The van der Waals surface area contributed by atoms with Crippen LogP contribution in [0, 0.1) is 5.82 Å². The molecule has 98 valence electrons. The Morgan fingerprint density at radius 2 is 2.11 bits per heavy atom. The first kappa shape index (κ1) is 12.8. The van der Waals surface area contributed by atoms with Crippen molar-refractivity contribution < 1.29 is 9.18 Å². The van der Waals surface area contributed by atoms with Crippen LogP contribution in [0.25, 0.3) is 0 Å². The van der Waals surface area contributed by atoms with E-state index in [0.29, 0.717) is 0 Å². The summed E-state index contributed by atoms with van der Waals surface area (Å²) in [6.45, 7) is 0. The van der Waals surface area contributed by atoms with Gasteiger partial charge >= 0.3 is 0 Å². The van der Waals surface area contributed by atoms with Gasteiger partial charge in [-0.15, -0.1) is 0 Å². The first-order chi connectivity index (χ1) is 8.59. The molecule has 4 nitrogen and oxygen atoms in total. The predicted molar refractivity (Wildman–Crippen MR) is 67.6 cm³/mol. The van der Waals surface area contributed by atoms with Crippen LogP contribution in [-0.2, 0) is 0 Å². The molecule has 2 N–H and O–H groups in total. The number of carbonyl (C=O) groups is 1. The van der Waals surface area contributed by atoms with Gasteiger partial charge in [0.1, 0.15) is 11.6 Å². The zero-order chi connectivity index (χ0) is 13.1. The van der Waals surface area contributed by atoms with Crippen LogP contribution >= 0.6 is 0 Å². The lowest BCUT2D eigenvalue weighted by atomic mass is 9.94. The maximum atomic E-state index is 13.1. The average molecular weight is 251 g/mol. The smallest absolute Gasteiger partial charge is 0.257 e. The number of hydrogen-bond donors (Lipinski definition) is 1. The number of carbonyl (C=O) groups excluding carboxylic acids is 1. The number of nitrogens with two attached hydrogens (primary N) is 1. The number of hydrogen-bond acceptors (Lipinski definition) is 3. The number of nitrogen functional groups attached to an aromatic ring is 1. The summed E-state index contributed by atoms with van der Waals surface area (Å²) in [6.07, 6.45) is 6.53. The minimum atomic E-state index is -0.537. The van der Waals surface area contributed by atoms with Crippen LogP contribution in [0.4, 0.5) is 10.2 Å². The van der Waals surface area contributed by atoms with Gasteiger partial charge < -0.3 is 10.6 Å². The molecule has 1 aromatic heterocycles. The monoisotopic (exact) mass is 251 g/mol. The van der Waals surface area contributed by atoms with Gasteiger partial charge in [0.15, 0.2) is 0 Å². The van der Waals surface area contributed by atoms with Crippen molar-refractivity contribution in [3.05, 3.63) is 23.6 Å². The fraction of sp³-hybridized carbons (Fsp3) is 0.538. The molecule has 1 aliphatic carbocycles. The molecule has 18 heavy (non-hydrogen) atoms. The molecule has 0 atom stereocenters. The van der Waals surface area contributed by atoms with Crippen molar-refractivity contribution in [1.82, 2.24) is 9.88 Å². The van der Waals surface area contributed by atoms with E-state index >= 15 is 0 Å². The van der Waals surface area contributed by atoms with E-state index in [4.69, 9.17) is 5.73 Å². The van der Waals surface area contributed by atoms with Crippen molar-refractivity contribution in [1.29, 1.82) is 0 Å². The molecule has 1 saturated carbocycles. The van der Waals surface area contributed by atoms with E-state index in [1.54, 1.807) is 11.9 Å². The SMILES string of the molecule is CN(C(=O)c1cc(F)cnc1N)C1CCCCC1. The van der Waals surface area contributed by atoms with E-state index in [2.05, 4.69) is 4.98 Å². The van der Waals surface area contributed by atoms with E-state index in [1.807, 2.05) is 0 Å². The van der Waals surface area contributed by atoms with E-state index in [9.17, 15) is 9.18 Å². The van der Waals surface area contributed by atoms with Gasteiger partial charge in [-0.25, -0.2) is 9.37 Å².